The molecule has 0 fully saturated rings. The van der Waals surface area contributed by atoms with Crippen LogP contribution in [0, 0.1) is 11.5 Å². The van der Waals surface area contributed by atoms with E-state index in [0.29, 0.717) is 22.0 Å². The van der Waals surface area contributed by atoms with Gasteiger partial charge in [-0.1, -0.05) is 11.8 Å². The van der Waals surface area contributed by atoms with Crippen molar-refractivity contribution in [2.24, 2.45) is 4.99 Å². The van der Waals surface area contributed by atoms with Crippen molar-refractivity contribution in [3.63, 3.8) is 0 Å². The highest BCUT2D eigenvalue weighted by atomic mass is 32.2. The average molecular weight is 274 g/mol. The molecule has 0 aliphatic carbocycles. The molecule has 19 heavy (non-hydrogen) atoms. The number of fused-ring (bicyclic) bond motifs is 1. The van der Waals surface area contributed by atoms with E-state index in [0.717, 1.165) is 4.90 Å². The Balaban J connectivity index is 2.41. The Morgan fingerprint density at radius 2 is 2.05 bits per heavy atom. The number of imide groups is 1. The van der Waals surface area contributed by atoms with Gasteiger partial charge < -0.3 is 0 Å². The fourth-order valence-corrected chi connectivity index (χ4v) is 2.05. The van der Waals surface area contributed by atoms with Crippen molar-refractivity contribution in [3.05, 3.63) is 29.3 Å². The van der Waals surface area contributed by atoms with Crippen molar-refractivity contribution >= 4 is 34.4 Å². The van der Waals surface area contributed by atoms with E-state index >= 15 is 0 Å². The second-order valence-corrected chi connectivity index (χ2v) is 4.55. The zero-order valence-corrected chi connectivity index (χ0v) is 11.1. The van der Waals surface area contributed by atoms with Crippen molar-refractivity contribution < 1.29 is 9.59 Å². The van der Waals surface area contributed by atoms with Gasteiger partial charge in [0, 0.05) is 7.05 Å². The molecule has 0 spiro atoms. The molecule has 0 unspecified atom stereocenters. The summed E-state index contributed by atoms with van der Waals surface area (Å²) in [7, 11) is 1.44. The number of amidine groups is 1. The number of hydrogen-bond donors (Lipinski definition) is 1. The summed E-state index contributed by atoms with van der Waals surface area (Å²) in [6.45, 7) is 0. The summed E-state index contributed by atoms with van der Waals surface area (Å²) in [6.07, 6.45) is 3.56. The molecule has 1 N–H and O–H groups in total. The lowest BCUT2D eigenvalue weighted by molar-refractivity contribution is 0.0693. The Labute approximate surface area is 114 Å². The van der Waals surface area contributed by atoms with Gasteiger partial charge in [-0.25, -0.2) is 4.99 Å². The first-order valence-corrected chi connectivity index (χ1v) is 6.55. The van der Waals surface area contributed by atoms with Crippen molar-refractivity contribution in [1.82, 2.24) is 10.2 Å². The van der Waals surface area contributed by atoms with E-state index < -0.39 is 0 Å². The number of carbonyl (C=O) groups excluding carboxylic acids is 2. The summed E-state index contributed by atoms with van der Waals surface area (Å²) in [6, 6.07) is 4.76. The number of benzene rings is 1. The van der Waals surface area contributed by atoms with E-state index in [1.54, 1.807) is 30.6 Å². The lowest BCUT2D eigenvalue weighted by Gasteiger charge is -2.02. The number of nitrogens with zero attached hydrogens (tertiary/aromatic N) is 3. The third-order valence-electron chi connectivity index (χ3n) is 2.66. The van der Waals surface area contributed by atoms with Gasteiger partial charge in [-0.3, -0.25) is 19.8 Å². The summed E-state index contributed by atoms with van der Waals surface area (Å²) in [5, 5.41) is 11.4. The van der Waals surface area contributed by atoms with Gasteiger partial charge in [-0.2, -0.15) is 5.26 Å². The van der Waals surface area contributed by atoms with Gasteiger partial charge in [0.15, 0.2) is 11.4 Å². The number of rotatable bonds is 1. The molecule has 7 heteroatoms. The maximum Gasteiger partial charge on any atom is 0.261 e. The molecular weight excluding hydrogens is 264 g/mol. The third kappa shape index (κ3) is 2.30. The number of amides is 2. The summed E-state index contributed by atoms with van der Waals surface area (Å²) < 4.78 is 0. The molecule has 2 amide bonds. The number of nitrogens with one attached hydrogen (secondary N) is 1. The number of thioether (sulfide) groups is 1. The van der Waals surface area contributed by atoms with Crippen LogP contribution in [0.1, 0.15) is 20.7 Å². The Hall–Kier alpha value is -2.33. The Morgan fingerprint density at radius 3 is 2.68 bits per heavy atom. The van der Waals surface area contributed by atoms with Crippen LogP contribution in [0.25, 0.3) is 0 Å². The number of carbonyl (C=O) groups is 2. The van der Waals surface area contributed by atoms with Crippen molar-refractivity contribution in [1.29, 1.82) is 5.26 Å². The molecule has 96 valence electrons. The second kappa shape index (κ2) is 5.12. The largest absolute Gasteiger partial charge is 0.277 e. The highest BCUT2D eigenvalue weighted by Crippen LogP contribution is 2.26. The third-order valence-corrected chi connectivity index (χ3v) is 3.24. The molecule has 2 rings (SSSR count). The van der Waals surface area contributed by atoms with Gasteiger partial charge in [-0.05, 0) is 24.5 Å². The van der Waals surface area contributed by atoms with Gasteiger partial charge in [-0.15, -0.1) is 0 Å². The van der Waals surface area contributed by atoms with Crippen LogP contribution in [-0.2, 0) is 0 Å². The van der Waals surface area contributed by atoms with Crippen LogP contribution in [0.5, 0.6) is 0 Å². The van der Waals surface area contributed by atoms with Crippen molar-refractivity contribution in [2.75, 3.05) is 13.3 Å². The van der Waals surface area contributed by atoms with Crippen LogP contribution >= 0.6 is 11.8 Å². The fourth-order valence-electron chi connectivity index (χ4n) is 1.71. The Bertz CT molecular complexity index is 633. The first-order chi connectivity index (χ1) is 9.08. The van der Waals surface area contributed by atoms with Gasteiger partial charge >= 0.3 is 0 Å². The normalized spacial score (nSPS) is 14.4. The number of hydrogen-bond acceptors (Lipinski definition) is 5. The standard InChI is InChI=1S/C12H10N4O2S/c1-16-10(17)8-4-3-7(5-9(8)11(16)18)15-12(19-2)14-6-13/h3-5H,1-2H3,(H,14,15). The van der Waals surface area contributed by atoms with Gasteiger partial charge in [0.05, 0.1) is 16.8 Å². The van der Waals surface area contributed by atoms with Crippen LogP contribution in [0.2, 0.25) is 0 Å². The van der Waals surface area contributed by atoms with Crippen LogP contribution in [-0.4, -0.2) is 35.2 Å². The van der Waals surface area contributed by atoms with Crippen molar-refractivity contribution in [3.8, 4) is 6.19 Å². The second-order valence-electron chi connectivity index (χ2n) is 3.76. The monoisotopic (exact) mass is 274 g/mol. The number of nitriles is 1. The van der Waals surface area contributed by atoms with E-state index in [1.165, 1.54) is 18.8 Å². The molecule has 0 aromatic heterocycles. The fraction of sp³-hybridized carbons (Fsp3) is 0.167. The summed E-state index contributed by atoms with van der Waals surface area (Å²) >= 11 is 1.28. The van der Waals surface area contributed by atoms with E-state index in [-0.39, 0.29) is 11.8 Å². The van der Waals surface area contributed by atoms with E-state index in [4.69, 9.17) is 5.26 Å². The molecule has 1 heterocycles. The van der Waals surface area contributed by atoms with Crippen LogP contribution in [0.15, 0.2) is 23.2 Å². The predicted octanol–water partition coefficient (Wildman–Crippen LogP) is 1.33. The smallest absolute Gasteiger partial charge is 0.261 e. The highest BCUT2D eigenvalue weighted by Gasteiger charge is 2.32. The van der Waals surface area contributed by atoms with Crippen LogP contribution < -0.4 is 5.32 Å². The molecule has 6 nitrogen and oxygen atoms in total. The maximum atomic E-state index is 11.8. The van der Waals surface area contributed by atoms with Gasteiger partial charge in [0.1, 0.15) is 0 Å². The first-order valence-electron chi connectivity index (χ1n) is 5.32. The quantitative estimate of drug-likeness (QED) is 0.274. The minimum absolute atomic E-state index is 0.309. The van der Waals surface area contributed by atoms with E-state index in [2.05, 4.69) is 10.3 Å². The van der Waals surface area contributed by atoms with Gasteiger partial charge in [0.2, 0.25) is 0 Å². The molecule has 0 radical (unpaired) electrons. The minimum atomic E-state index is -0.337. The van der Waals surface area contributed by atoms with E-state index in [9.17, 15) is 9.59 Å². The number of aliphatic imine (C=N–C) groups is 1. The summed E-state index contributed by atoms with van der Waals surface area (Å²) in [5.41, 5.74) is 1.24. The molecular formula is C12H10N4O2S. The zero-order chi connectivity index (χ0) is 14.0. The minimum Gasteiger partial charge on any atom is -0.277 e. The molecule has 1 aliphatic heterocycles. The average Bonchev–Trinajstić information content (AvgIpc) is 2.63. The Morgan fingerprint density at radius 1 is 1.37 bits per heavy atom. The van der Waals surface area contributed by atoms with Gasteiger partial charge in [0.25, 0.3) is 11.8 Å². The summed E-state index contributed by atoms with van der Waals surface area (Å²) in [5.74, 6) is -0.647. The van der Waals surface area contributed by atoms with Crippen LogP contribution in [0.3, 0.4) is 0 Å². The topological polar surface area (TPSA) is 85.6 Å². The van der Waals surface area contributed by atoms with Crippen LogP contribution in [0.4, 0.5) is 5.69 Å². The molecule has 0 bridgehead atoms. The summed E-state index contributed by atoms with van der Waals surface area (Å²) in [4.78, 5) is 28.8. The highest BCUT2D eigenvalue weighted by molar-refractivity contribution is 8.13. The molecule has 0 saturated carbocycles. The molecule has 0 saturated heterocycles. The predicted molar refractivity (Wildman–Crippen MR) is 72.2 cm³/mol. The maximum absolute atomic E-state index is 11.8. The lowest BCUT2D eigenvalue weighted by Crippen LogP contribution is -2.24. The van der Waals surface area contributed by atoms with E-state index in [1.807, 2.05) is 0 Å². The Kier molecular flexibility index (Phi) is 3.53. The molecule has 1 aliphatic rings. The lowest BCUT2D eigenvalue weighted by atomic mass is 10.1. The molecule has 1 aromatic rings. The first kappa shape index (κ1) is 13.1. The van der Waals surface area contributed by atoms with Crippen molar-refractivity contribution in [2.45, 2.75) is 0 Å². The SMILES string of the molecule is CSC(=Nc1ccc2c(c1)C(=O)N(C)C2=O)NC#N. The molecule has 0 atom stereocenters. The molecule has 1 aromatic carbocycles. The zero-order valence-electron chi connectivity index (χ0n) is 10.3.